The highest BCUT2D eigenvalue weighted by molar-refractivity contribution is 6.08. The van der Waals surface area contributed by atoms with Crippen LogP contribution in [0.4, 0.5) is 0 Å². The summed E-state index contributed by atoms with van der Waals surface area (Å²) in [7, 11) is 0. The van der Waals surface area contributed by atoms with E-state index in [1.54, 1.807) is 19.1 Å². The summed E-state index contributed by atoms with van der Waals surface area (Å²) < 4.78 is 5.38. The van der Waals surface area contributed by atoms with Gasteiger partial charge in [-0.1, -0.05) is 12.1 Å². The fourth-order valence-corrected chi connectivity index (χ4v) is 2.62. The first-order chi connectivity index (χ1) is 12.3. The Bertz CT molecular complexity index is 759. The summed E-state index contributed by atoms with van der Waals surface area (Å²) in [4.78, 5) is 59.0. The van der Waals surface area contributed by atoms with Gasteiger partial charge >= 0.3 is 5.97 Å². The van der Waals surface area contributed by atoms with Crippen molar-refractivity contribution in [1.82, 2.24) is 10.2 Å². The van der Waals surface area contributed by atoms with Gasteiger partial charge in [0, 0.05) is 6.42 Å². The van der Waals surface area contributed by atoms with Gasteiger partial charge in [0.15, 0.2) is 0 Å². The average molecular weight is 362 g/mol. The molecule has 2 rings (SSSR count). The third kappa shape index (κ3) is 4.24. The van der Waals surface area contributed by atoms with E-state index in [2.05, 4.69) is 5.32 Å². The number of hydrogen-bond acceptors (Lipinski definition) is 6. The van der Waals surface area contributed by atoms with Gasteiger partial charge in [-0.2, -0.15) is 0 Å². The number of carbonyl (C=O) groups is 5. The average Bonchev–Trinajstić information content (AvgIpc) is 2.57. The van der Waals surface area contributed by atoms with Crippen molar-refractivity contribution >= 4 is 30.1 Å². The fourth-order valence-electron chi connectivity index (χ4n) is 2.62. The summed E-state index contributed by atoms with van der Waals surface area (Å²) in [5.41, 5.74) is 0.566. The summed E-state index contributed by atoms with van der Waals surface area (Å²) in [6.07, 6.45) is 0.0436. The highest BCUT2D eigenvalue weighted by atomic mass is 16.5. The molecule has 1 fully saturated rings. The van der Waals surface area contributed by atoms with Gasteiger partial charge in [-0.3, -0.25) is 34.2 Å². The SMILES string of the molecule is Cc1cccc(OCCC(=O)O)c1C(=O)N(C=O)C1CCC(=O)NC1=O. The summed E-state index contributed by atoms with van der Waals surface area (Å²) in [5, 5.41) is 10.8. The second kappa shape index (κ2) is 8.24. The number of aliphatic carboxylic acids is 1. The van der Waals surface area contributed by atoms with E-state index in [1.807, 2.05) is 0 Å². The van der Waals surface area contributed by atoms with Crippen molar-refractivity contribution in [3.63, 3.8) is 0 Å². The summed E-state index contributed by atoms with van der Waals surface area (Å²) in [6.45, 7) is 1.48. The minimum absolute atomic E-state index is 0.0176. The van der Waals surface area contributed by atoms with Gasteiger partial charge in [0.05, 0.1) is 18.6 Å². The predicted octanol–water partition coefficient (Wildman–Crippen LogP) is 0.252. The number of nitrogens with one attached hydrogen (secondary N) is 1. The second-order valence-corrected chi connectivity index (χ2v) is 5.72. The molecule has 0 spiro atoms. The van der Waals surface area contributed by atoms with Crippen LogP contribution >= 0.6 is 0 Å². The lowest BCUT2D eigenvalue weighted by molar-refractivity contribution is -0.140. The van der Waals surface area contributed by atoms with Gasteiger partial charge < -0.3 is 9.84 Å². The monoisotopic (exact) mass is 362 g/mol. The Morgan fingerprint density at radius 2 is 2.12 bits per heavy atom. The topological polar surface area (TPSA) is 130 Å². The molecule has 138 valence electrons. The molecular weight excluding hydrogens is 344 g/mol. The van der Waals surface area contributed by atoms with Gasteiger partial charge in [-0.25, -0.2) is 0 Å². The maximum absolute atomic E-state index is 12.9. The highest BCUT2D eigenvalue weighted by Crippen LogP contribution is 2.25. The number of nitrogens with zero attached hydrogens (tertiary/aromatic N) is 1. The number of piperidine rings is 1. The van der Waals surface area contributed by atoms with Crippen LogP contribution in [-0.4, -0.2) is 52.8 Å². The van der Waals surface area contributed by atoms with Crippen molar-refractivity contribution in [2.24, 2.45) is 0 Å². The molecule has 1 aromatic rings. The lowest BCUT2D eigenvalue weighted by Crippen LogP contribution is -2.54. The molecule has 1 aliphatic heterocycles. The maximum atomic E-state index is 12.9. The Balaban J connectivity index is 2.28. The molecule has 0 aromatic heterocycles. The van der Waals surface area contributed by atoms with E-state index in [-0.39, 0.29) is 43.6 Å². The number of imide groups is 2. The van der Waals surface area contributed by atoms with E-state index in [0.29, 0.717) is 5.56 Å². The molecule has 0 aliphatic carbocycles. The molecule has 1 aliphatic rings. The van der Waals surface area contributed by atoms with Crippen molar-refractivity contribution in [3.05, 3.63) is 29.3 Å². The van der Waals surface area contributed by atoms with Crippen molar-refractivity contribution < 1.29 is 33.8 Å². The van der Waals surface area contributed by atoms with Gasteiger partial charge in [-0.15, -0.1) is 0 Å². The number of benzene rings is 1. The van der Waals surface area contributed by atoms with E-state index in [0.717, 1.165) is 4.90 Å². The molecule has 4 amide bonds. The molecule has 1 unspecified atom stereocenters. The van der Waals surface area contributed by atoms with Crippen molar-refractivity contribution in [2.75, 3.05) is 6.61 Å². The van der Waals surface area contributed by atoms with E-state index in [1.165, 1.54) is 6.07 Å². The number of hydrogen-bond donors (Lipinski definition) is 2. The van der Waals surface area contributed by atoms with Gasteiger partial charge in [0.2, 0.25) is 18.2 Å². The standard InChI is InChI=1S/C17H18N2O7/c1-10-3-2-4-12(26-8-7-14(22)23)15(10)17(25)19(9-20)11-5-6-13(21)18-16(11)24/h2-4,9,11H,5-8H2,1H3,(H,22,23)(H,18,21,24). The molecule has 9 nitrogen and oxygen atoms in total. The normalized spacial score (nSPS) is 16.6. The summed E-state index contributed by atoms with van der Waals surface area (Å²) in [6, 6.07) is 3.64. The van der Waals surface area contributed by atoms with Crippen LogP contribution in [0.5, 0.6) is 5.75 Å². The van der Waals surface area contributed by atoms with Crippen molar-refractivity contribution in [1.29, 1.82) is 0 Å². The Labute approximate surface area is 148 Å². The molecule has 0 saturated carbocycles. The first-order valence-corrected chi connectivity index (χ1v) is 7.91. The van der Waals surface area contributed by atoms with Crippen molar-refractivity contribution in [3.8, 4) is 5.75 Å². The number of carboxylic acid groups (broad SMARTS) is 1. The molecular formula is C17H18N2O7. The largest absolute Gasteiger partial charge is 0.492 e. The molecule has 1 atom stereocenters. The van der Waals surface area contributed by atoms with E-state index >= 15 is 0 Å². The zero-order valence-corrected chi connectivity index (χ0v) is 14.1. The van der Waals surface area contributed by atoms with Crippen LogP contribution in [0.3, 0.4) is 0 Å². The molecule has 1 heterocycles. The molecule has 1 saturated heterocycles. The Morgan fingerprint density at radius 1 is 1.38 bits per heavy atom. The number of ether oxygens (including phenoxy) is 1. The highest BCUT2D eigenvalue weighted by Gasteiger charge is 2.36. The van der Waals surface area contributed by atoms with Gasteiger partial charge in [0.25, 0.3) is 5.91 Å². The zero-order valence-electron chi connectivity index (χ0n) is 14.1. The Morgan fingerprint density at radius 3 is 2.73 bits per heavy atom. The van der Waals surface area contributed by atoms with Crippen LogP contribution < -0.4 is 10.1 Å². The molecule has 2 N–H and O–H groups in total. The first kappa shape index (κ1) is 19.1. The Kier molecular flexibility index (Phi) is 6.05. The smallest absolute Gasteiger partial charge is 0.306 e. The number of carbonyl (C=O) groups excluding carboxylic acids is 4. The quantitative estimate of drug-likeness (QED) is 0.525. The van der Waals surface area contributed by atoms with Crippen LogP contribution in [0.1, 0.15) is 35.2 Å². The molecule has 1 aromatic carbocycles. The maximum Gasteiger partial charge on any atom is 0.306 e. The van der Waals surface area contributed by atoms with Crippen LogP contribution in [0.15, 0.2) is 18.2 Å². The van der Waals surface area contributed by atoms with E-state index in [9.17, 15) is 24.0 Å². The second-order valence-electron chi connectivity index (χ2n) is 5.72. The first-order valence-electron chi connectivity index (χ1n) is 7.91. The Hall–Kier alpha value is -3.23. The van der Waals surface area contributed by atoms with E-state index in [4.69, 9.17) is 9.84 Å². The van der Waals surface area contributed by atoms with Gasteiger partial charge in [0.1, 0.15) is 11.8 Å². The molecule has 9 heteroatoms. The predicted molar refractivity (Wildman–Crippen MR) is 87.3 cm³/mol. The minimum Gasteiger partial charge on any atom is -0.492 e. The molecule has 0 radical (unpaired) electrons. The summed E-state index contributed by atoms with van der Waals surface area (Å²) >= 11 is 0. The van der Waals surface area contributed by atoms with Crippen LogP contribution in [0, 0.1) is 6.92 Å². The van der Waals surface area contributed by atoms with Gasteiger partial charge in [-0.05, 0) is 25.0 Å². The van der Waals surface area contributed by atoms with E-state index < -0.39 is 29.7 Å². The third-order valence-electron chi connectivity index (χ3n) is 3.92. The van der Waals surface area contributed by atoms with Crippen LogP contribution in [0.2, 0.25) is 0 Å². The number of rotatable bonds is 7. The number of carboxylic acids is 1. The van der Waals surface area contributed by atoms with Crippen molar-refractivity contribution in [2.45, 2.75) is 32.2 Å². The lowest BCUT2D eigenvalue weighted by Gasteiger charge is -2.29. The minimum atomic E-state index is -1.09. The fraction of sp³-hybridized carbons (Fsp3) is 0.353. The van der Waals surface area contributed by atoms with Crippen LogP contribution in [-0.2, 0) is 19.2 Å². The molecule has 0 bridgehead atoms. The molecule has 26 heavy (non-hydrogen) atoms. The third-order valence-corrected chi connectivity index (χ3v) is 3.92. The van der Waals surface area contributed by atoms with Crippen LogP contribution in [0.25, 0.3) is 0 Å². The lowest BCUT2D eigenvalue weighted by atomic mass is 10.0. The number of amides is 4. The summed E-state index contributed by atoms with van der Waals surface area (Å²) in [5.74, 6) is -2.86. The zero-order chi connectivity index (χ0) is 19.3. The number of aryl methyl sites for hydroxylation is 1.